The Morgan fingerprint density at radius 3 is 2.59 bits per heavy atom. The number of aliphatic hydroxyl groups excluding tert-OH is 1. The second-order valence-corrected chi connectivity index (χ2v) is 9.07. The van der Waals surface area contributed by atoms with E-state index in [1.54, 1.807) is 0 Å². The highest BCUT2D eigenvalue weighted by Crippen LogP contribution is 2.30. The molecule has 2 amide bonds. The molecule has 0 saturated heterocycles. The summed E-state index contributed by atoms with van der Waals surface area (Å²) in [6.07, 6.45) is 0.535. The minimum absolute atomic E-state index is 0.0745. The van der Waals surface area contributed by atoms with E-state index >= 15 is 0 Å². The minimum atomic E-state index is -0.993. The van der Waals surface area contributed by atoms with E-state index in [1.165, 1.54) is 10.7 Å². The minimum Gasteiger partial charge on any atom is -0.395 e. The molecule has 0 saturated carbocycles. The van der Waals surface area contributed by atoms with Crippen LogP contribution in [0.5, 0.6) is 0 Å². The summed E-state index contributed by atoms with van der Waals surface area (Å²) in [5, 5.41) is 18.8. The van der Waals surface area contributed by atoms with E-state index in [-0.39, 0.29) is 13.2 Å². The van der Waals surface area contributed by atoms with Gasteiger partial charge in [-0.15, -0.1) is 0 Å². The van der Waals surface area contributed by atoms with Gasteiger partial charge < -0.3 is 20.6 Å². The van der Waals surface area contributed by atoms with Crippen LogP contribution in [0.1, 0.15) is 32.0 Å². The van der Waals surface area contributed by atoms with E-state index in [0.29, 0.717) is 36.5 Å². The lowest BCUT2D eigenvalue weighted by atomic mass is 9.86. The average Bonchev–Trinajstić information content (AvgIpc) is 3.10. The summed E-state index contributed by atoms with van der Waals surface area (Å²) in [4.78, 5) is 27.9. The smallest absolute Gasteiger partial charge is 0.343 e. The Kier molecular flexibility index (Phi) is 6.94. The van der Waals surface area contributed by atoms with Crippen molar-refractivity contribution in [2.24, 2.45) is 5.41 Å². The number of carbonyl (C=O) groups is 2. The van der Waals surface area contributed by atoms with E-state index in [4.69, 9.17) is 5.11 Å². The van der Waals surface area contributed by atoms with Crippen molar-refractivity contribution in [1.82, 2.24) is 25.3 Å². The van der Waals surface area contributed by atoms with Crippen molar-refractivity contribution in [2.45, 2.75) is 39.8 Å². The average molecular weight is 450 g/mol. The number of hydrogen-bond donors (Lipinski definition) is 3. The van der Waals surface area contributed by atoms with Crippen molar-refractivity contribution in [1.29, 1.82) is 0 Å². The normalized spacial score (nSPS) is 15.2. The van der Waals surface area contributed by atoms with Crippen LogP contribution < -0.4 is 10.6 Å². The molecular weight excluding hydrogens is 420 g/mol. The van der Waals surface area contributed by atoms with Gasteiger partial charge in [-0.1, -0.05) is 20.8 Å². The predicted octanol–water partition coefficient (Wildman–Crippen LogP) is 1.90. The third-order valence-corrected chi connectivity index (χ3v) is 5.44. The van der Waals surface area contributed by atoms with E-state index in [2.05, 4.69) is 20.6 Å². The number of likely N-dealkylation sites (N-methyl/N-ethyl adjacent to an activating group) is 1. The molecule has 2 aromatic rings. The fourth-order valence-corrected chi connectivity index (χ4v) is 3.74. The van der Waals surface area contributed by atoms with Crippen molar-refractivity contribution >= 4 is 11.9 Å². The summed E-state index contributed by atoms with van der Waals surface area (Å²) >= 11 is 0. The molecule has 2 heterocycles. The molecule has 0 fully saturated rings. The van der Waals surface area contributed by atoms with Crippen molar-refractivity contribution in [3.05, 3.63) is 41.1 Å². The second kappa shape index (κ2) is 9.33. The van der Waals surface area contributed by atoms with Gasteiger partial charge in [-0.2, -0.15) is 9.78 Å². The van der Waals surface area contributed by atoms with Crippen LogP contribution in [0, 0.1) is 17.0 Å². The van der Waals surface area contributed by atoms with Crippen molar-refractivity contribution in [3.63, 3.8) is 0 Å². The van der Waals surface area contributed by atoms with Gasteiger partial charge in [-0.3, -0.25) is 4.79 Å². The van der Waals surface area contributed by atoms with E-state index < -0.39 is 35.0 Å². The third-order valence-electron chi connectivity index (χ3n) is 5.44. The number of carbonyl (C=O) groups excluding carboxylic acids is 2. The van der Waals surface area contributed by atoms with Gasteiger partial charge in [0.15, 0.2) is 11.6 Å². The van der Waals surface area contributed by atoms with Gasteiger partial charge in [0.1, 0.15) is 6.04 Å². The quantitative estimate of drug-likeness (QED) is 0.648. The van der Waals surface area contributed by atoms with Crippen LogP contribution in [0.4, 0.5) is 13.6 Å². The van der Waals surface area contributed by atoms with E-state index in [9.17, 15) is 18.4 Å². The Bertz CT molecular complexity index is 1020. The van der Waals surface area contributed by atoms with Gasteiger partial charge in [-0.25, -0.2) is 13.6 Å². The number of nitrogens with zero attached hydrogens (tertiary/aromatic N) is 3. The van der Waals surface area contributed by atoms with Crippen LogP contribution in [-0.4, -0.2) is 64.5 Å². The summed E-state index contributed by atoms with van der Waals surface area (Å²) < 4.78 is 28.5. The zero-order valence-corrected chi connectivity index (χ0v) is 18.7. The number of halogens is 2. The Hall–Kier alpha value is -2.85. The first-order chi connectivity index (χ1) is 15.0. The van der Waals surface area contributed by atoms with Crippen LogP contribution in [0.2, 0.25) is 0 Å². The maximum atomic E-state index is 13.9. The first-order valence-electron chi connectivity index (χ1n) is 10.5. The largest absolute Gasteiger partial charge is 0.395 e. The molecule has 0 aliphatic carbocycles. The zero-order chi connectivity index (χ0) is 23.6. The van der Waals surface area contributed by atoms with Gasteiger partial charge >= 0.3 is 6.03 Å². The molecule has 0 spiro atoms. The van der Waals surface area contributed by atoms with Crippen LogP contribution in [-0.2, 0) is 17.8 Å². The molecule has 1 aliphatic rings. The van der Waals surface area contributed by atoms with Crippen LogP contribution in [0.3, 0.4) is 0 Å². The number of aromatic nitrogens is 2. The van der Waals surface area contributed by atoms with Gasteiger partial charge in [0.25, 0.3) is 0 Å². The number of aliphatic hydroxyl groups is 1. The molecule has 8 nitrogen and oxygen atoms in total. The number of rotatable bonds is 5. The summed E-state index contributed by atoms with van der Waals surface area (Å²) in [6, 6.07) is 2.06. The van der Waals surface area contributed by atoms with Gasteiger partial charge in [-0.05, 0) is 30.7 Å². The molecule has 1 aromatic heterocycles. The Morgan fingerprint density at radius 1 is 1.25 bits per heavy atom. The highest BCUT2D eigenvalue weighted by Gasteiger charge is 2.35. The first kappa shape index (κ1) is 23.8. The maximum absolute atomic E-state index is 13.9. The maximum Gasteiger partial charge on any atom is 0.343 e. The number of nitrogens with one attached hydrogen (secondary N) is 2. The molecule has 1 aliphatic heterocycles. The fourth-order valence-electron chi connectivity index (χ4n) is 3.74. The SMILES string of the molecule is CN1CCc2c(c(-c3ccc(F)c(F)c3)nn2C(=O)N[C@H](C(=O)NCCO)C(C)(C)C)C1. The third kappa shape index (κ3) is 4.97. The zero-order valence-electron chi connectivity index (χ0n) is 18.7. The van der Waals surface area contributed by atoms with Crippen molar-refractivity contribution in [2.75, 3.05) is 26.7 Å². The molecule has 174 valence electrons. The Labute approximate surface area is 185 Å². The van der Waals surface area contributed by atoms with Crippen LogP contribution in [0.15, 0.2) is 18.2 Å². The summed E-state index contributed by atoms with van der Waals surface area (Å²) in [5.41, 5.74) is 1.60. The number of benzene rings is 1. The lowest BCUT2D eigenvalue weighted by molar-refractivity contribution is -0.125. The van der Waals surface area contributed by atoms with E-state index in [1.807, 2.05) is 27.8 Å². The molecular formula is C22H29F2N5O3. The molecule has 1 atom stereocenters. The monoisotopic (exact) mass is 449 g/mol. The molecule has 3 N–H and O–H groups in total. The molecule has 0 unspecified atom stereocenters. The number of amides is 2. The van der Waals surface area contributed by atoms with Crippen molar-refractivity contribution in [3.8, 4) is 11.3 Å². The lowest BCUT2D eigenvalue weighted by Gasteiger charge is -2.30. The Balaban J connectivity index is 1.98. The van der Waals surface area contributed by atoms with E-state index in [0.717, 1.165) is 17.7 Å². The van der Waals surface area contributed by atoms with Crippen molar-refractivity contribution < 1.29 is 23.5 Å². The molecule has 3 rings (SSSR count). The number of hydrogen-bond acceptors (Lipinski definition) is 5. The Morgan fingerprint density at radius 2 is 1.97 bits per heavy atom. The highest BCUT2D eigenvalue weighted by molar-refractivity contribution is 5.89. The molecule has 0 radical (unpaired) electrons. The predicted molar refractivity (Wildman–Crippen MR) is 115 cm³/mol. The molecule has 32 heavy (non-hydrogen) atoms. The summed E-state index contributed by atoms with van der Waals surface area (Å²) in [5.74, 6) is -2.37. The highest BCUT2D eigenvalue weighted by atomic mass is 19.2. The molecule has 10 heteroatoms. The molecule has 0 bridgehead atoms. The van der Waals surface area contributed by atoms with Crippen LogP contribution >= 0.6 is 0 Å². The van der Waals surface area contributed by atoms with Gasteiger partial charge in [0, 0.05) is 37.2 Å². The summed E-state index contributed by atoms with van der Waals surface area (Å²) in [6.45, 7) is 6.50. The number of fused-ring (bicyclic) bond motifs is 1. The fraction of sp³-hybridized carbons (Fsp3) is 0.500. The van der Waals surface area contributed by atoms with Gasteiger partial charge in [0.05, 0.1) is 18.0 Å². The second-order valence-electron chi connectivity index (χ2n) is 9.07. The summed E-state index contributed by atoms with van der Waals surface area (Å²) in [7, 11) is 1.93. The molecule has 1 aromatic carbocycles. The standard InChI is InChI=1S/C22H29F2N5O3/c1-22(2,3)19(20(31)25-8-10-30)26-21(32)29-17-7-9-28(4)12-14(17)18(27-29)13-5-6-15(23)16(24)11-13/h5-6,11,19,30H,7-10,12H2,1-4H3,(H,25,31)(H,26,32)/t19-/m1/s1. The van der Waals surface area contributed by atoms with Crippen LogP contribution in [0.25, 0.3) is 11.3 Å². The first-order valence-corrected chi connectivity index (χ1v) is 10.5. The van der Waals surface area contributed by atoms with Gasteiger partial charge in [0.2, 0.25) is 5.91 Å². The topological polar surface area (TPSA) is 99.5 Å². The lowest BCUT2D eigenvalue weighted by Crippen LogP contribution is -2.55.